The number of rotatable bonds is 0. The Morgan fingerprint density at radius 3 is 1.22 bits per heavy atom. The van der Waals surface area contributed by atoms with Crippen molar-refractivity contribution < 1.29 is 4.42 Å². The van der Waals surface area contributed by atoms with Gasteiger partial charge in [-0.15, -0.1) is 0 Å². The molecule has 0 fully saturated rings. The molecule has 0 aliphatic carbocycles. The lowest BCUT2D eigenvalue weighted by Gasteiger charge is -2.22. The number of benzene rings is 9. The van der Waals surface area contributed by atoms with Gasteiger partial charge in [-0.3, -0.25) is 0 Å². The molecule has 0 spiro atoms. The maximum Gasteiger partial charge on any atom is 0.347 e. The third-order valence-corrected chi connectivity index (χ3v) is 8.72. The van der Waals surface area contributed by atoms with Gasteiger partial charge in [-0.05, 0) is 98.3 Å². The summed E-state index contributed by atoms with van der Waals surface area (Å²) in [6.45, 7) is 0. The van der Waals surface area contributed by atoms with Crippen LogP contribution in [0.4, 0.5) is 0 Å². The highest BCUT2D eigenvalue weighted by Gasteiger charge is 2.26. The predicted octanol–water partition coefficient (Wildman–Crippen LogP) is 8.13. The summed E-state index contributed by atoms with van der Waals surface area (Å²) in [7, 11) is 0. The van der Waals surface area contributed by atoms with E-state index in [-0.39, 0.29) is 0 Å². The summed E-state index contributed by atoms with van der Waals surface area (Å²) in [4.78, 5) is 25.8. The van der Waals surface area contributed by atoms with Crippen LogP contribution in [0, 0.1) is 0 Å². The summed E-state index contributed by atoms with van der Waals surface area (Å²) in [5, 5.41) is 18.8. The van der Waals surface area contributed by atoms with E-state index < -0.39 is 11.3 Å². The number of hydrogen-bond donors (Lipinski definition) is 0. The fourth-order valence-electron chi connectivity index (χ4n) is 7.31. The van der Waals surface area contributed by atoms with Gasteiger partial charge in [-0.1, -0.05) is 72.8 Å². The molecule has 0 atom stereocenters. The van der Waals surface area contributed by atoms with Crippen molar-refractivity contribution in [1.29, 1.82) is 0 Å². The summed E-state index contributed by atoms with van der Waals surface area (Å²) in [6, 6.07) is 30.1. The zero-order valence-electron chi connectivity index (χ0n) is 19.3. The summed E-state index contributed by atoms with van der Waals surface area (Å²) in [6.07, 6.45) is 0. The molecule has 0 aliphatic rings. The van der Waals surface area contributed by atoms with Crippen molar-refractivity contribution in [3.8, 4) is 0 Å². The maximum absolute atomic E-state index is 12.9. The van der Waals surface area contributed by atoms with Crippen LogP contribution in [0.15, 0.2) is 98.9 Å². The Hall–Kier alpha value is -5.02. The number of fused-ring (bicyclic) bond motifs is 7. The van der Waals surface area contributed by atoms with Crippen LogP contribution in [0.3, 0.4) is 0 Å². The molecule has 9 aromatic carbocycles. The number of furan rings is 1. The van der Waals surface area contributed by atoms with E-state index >= 15 is 0 Å². The molecule has 0 unspecified atom stereocenters. The molecule has 0 aliphatic heterocycles. The van der Waals surface area contributed by atoms with E-state index in [9.17, 15) is 9.59 Å². The second-order valence-corrected chi connectivity index (χ2v) is 10.3. The molecule has 10 rings (SSSR count). The molecule has 0 N–H and O–H groups in total. The van der Waals surface area contributed by atoms with Crippen LogP contribution >= 0.6 is 0 Å². The van der Waals surface area contributed by atoms with Gasteiger partial charge in [0.25, 0.3) is 0 Å². The first kappa shape index (κ1) is 18.3. The fourth-order valence-corrected chi connectivity index (χ4v) is 7.31. The maximum atomic E-state index is 12.9. The van der Waals surface area contributed by atoms with E-state index in [1.165, 1.54) is 43.1 Å². The summed E-state index contributed by atoms with van der Waals surface area (Å²) >= 11 is 0. The minimum absolute atomic E-state index is 0.396. The third-order valence-electron chi connectivity index (χ3n) is 8.72. The lowest BCUT2D eigenvalue weighted by molar-refractivity contribution is 0.500. The SMILES string of the molecule is O=c1oc(=O)c2c3ccc4ccc5c6cc7ccccc7cc6c6ccc7ccc(c12)c1c7c6c5c4c31. The quantitative estimate of drug-likeness (QED) is 0.166. The fraction of sp³-hybridized carbons (Fsp3) is 0. The monoisotopic (exact) mass is 470 g/mol. The van der Waals surface area contributed by atoms with E-state index in [1.54, 1.807) is 0 Å². The molecule has 10 aromatic rings. The Kier molecular flexibility index (Phi) is 2.81. The van der Waals surface area contributed by atoms with Crippen LogP contribution in [0.2, 0.25) is 0 Å². The van der Waals surface area contributed by atoms with Crippen molar-refractivity contribution in [2.24, 2.45) is 0 Å². The second kappa shape index (κ2) is 5.69. The Labute approximate surface area is 207 Å². The van der Waals surface area contributed by atoms with Gasteiger partial charge in [0.15, 0.2) is 0 Å². The molecule has 1 aromatic heterocycles. The van der Waals surface area contributed by atoms with Crippen LogP contribution in [-0.2, 0) is 0 Å². The lowest BCUT2D eigenvalue weighted by atomic mass is 9.80. The van der Waals surface area contributed by atoms with E-state index in [2.05, 4.69) is 72.8 Å². The van der Waals surface area contributed by atoms with Crippen LogP contribution in [0.1, 0.15) is 0 Å². The van der Waals surface area contributed by atoms with Crippen molar-refractivity contribution in [3.63, 3.8) is 0 Å². The average molecular weight is 470 g/mol. The van der Waals surface area contributed by atoms with Crippen molar-refractivity contribution in [2.45, 2.75) is 0 Å². The van der Waals surface area contributed by atoms with Crippen LogP contribution in [0.5, 0.6) is 0 Å². The van der Waals surface area contributed by atoms with E-state index in [0.29, 0.717) is 10.8 Å². The van der Waals surface area contributed by atoms with Gasteiger partial charge < -0.3 is 4.42 Å². The summed E-state index contributed by atoms with van der Waals surface area (Å²) < 4.78 is 5.16. The van der Waals surface area contributed by atoms with E-state index in [0.717, 1.165) is 43.1 Å². The highest BCUT2D eigenvalue weighted by atomic mass is 16.4. The molecule has 0 amide bonds. The van der Waals surface area contributed by atoms with Crippen LogP contribution in [0.25, 0.3) is 97.0 Å². The molecule has 0 bridgehead atoms. The first-order chi connectivity index (χ1) is 18.2. The average Bonchev–Trinajstić information content (AvgIpc) is 3.24. The number of hydrogen-bond acceptors (Lipinski definition) is 3. The first-order valence-corrected chi connectivity index (χ1v) is 12.4. The third kappa shape index (κ3) is 1.87. The van der Waals surface area contributed by atoms with Gasteiger partial charge in [-0.2, -0.15) is 0 Å². The predicted molar refractivity (Wildman–Crippen MR) is 154 cm³/mol. The Balaban J connectivity index is 1.68. The van der Waals surface area contributed by atoms with Crippen molar-refractivity contribution in [2.75, 3.05) is 0 Å². The minimum atomic E-state index is -0.553. The topological polar surface area (TPSA) is 47.3 Å². The lowest BCUT2D eigenvalue weighted by Crippen LogP contribution is -1.97. The van der Waals surface area contributed by atoms with E-state index in [1.807, 2.05) is 12.1 Å². The van der Waals surface area contributed by atoms with Crippen LogP contribution < -0.4 is 11.3 Å². The second-order valence-electron chi connectivity index (χ2n) is 10.3. The molecule has 0 saturated carbocycles. The minimum Gasteiger partial charge on any atom is -0.386 e. The molecule has 168 valence electrons. The van der Waals surface area contributed by atoms with Gasteiger partial charge in [0.1, 0.15) is 0 Å². The smallest absolute Gasteiger partial charge is 0.347 e. The molecule has 37 heavy (non-hydrogen) atoms. The highest BCUT2D eigenvalue weighted by molar-refractivity contribution is 6.50. The standard InChI is InChI=1S/C34H14O3/c35-33-31-21-11-7-15-5-9-19-23-13-17-3-1-2-4-18(17)14-24(23)20-10-6-16-8-12-22(32(31)34(36)37-33)30-26(16)28(20)27(19)25(15)29(21)30/h1-14H. The molecule has 0 radical (unpaired) electrons. The first-order valence-electron chi connectivity index (χ1n) is 12.4. The summed E-state index contributed by atoms with van der Waals surface area (Å²) in [5.74, 6) is 0. The van der Waals surface area contributed by atoms with Crippen molar-refractivity contribution in [1.82, 2.24) is 0 Å². The van der Waals surface area contributed by atoms with Gasteiger partial charge in [0.05, 0.1) is 10.8 Å². The largest absolute Gasteiger partial charge is 0.386 e. The molecule has 3 heteroatoms. The van der Waals surface area contributed by atoms with Crippen LogP contribution in [-0.4, -0.2) is 0 Å². The van der Waals surface area contributed by atoms with Gasteiger partial charge in [-0.25, -0.2) is 9.59 Å². The highest BCUT2D eigenvalue weighted by Crippen LogP contribution is 2.52. The van der Waals surface area contributed by atoms with Crippen molar-refractivity contribution in [3.05, 3.63) is 106 Å². The van der Waals surface area contributed by atoms with Gasteiger partial charge >= 0.3 is 11.3 Å². The zero-order chi connectivity index (χ0) is 24.2. The molecule has 3 nitrogen and oxygen atoms in total. The van der Waals surface area contributed by atoms with E-state index in [4.69, 9.17) is 4.42 Å². The Bertz CT molecular complexity index is 2530. The molecular weight excluding hydrogens is 456 g/mol. The van der Waals surface area contributed by atoms with Gasteiger partial charge in [0, 0.05) is 0 Å². The molecule has 1 heterocycles. The zero-order valence-corrected chi connectivity index (χ0v) is 19.3. The molecule has 0 saturated heterocycles. The Morgan fingerprint density at radius 2 is 0.757 bits per heavy atom. The van der Waals surface area contributed by atoms with Gasteiger partial charge in [0.2, 0.25) is 0 Å². The summed E-state index contributed by atoms with van der Waals surface area (Å²) in [5.41, 5.74) is -1.11. The Morgan fingerprint density at radius 1 is 0.351 bits per heavy atom. The van der Waals surface area contributed by atoms with Crippen molar-refractivity contribution >= 4 is 97.0 Å². The normalized spacial score (nSPS) is 13.1. The molecular formula is C34H14O3.